The summed E-state index contributed by atoms with van der Waals surface area (Å²) < 4.78 is 0. The van der Waals surface area contributed by atoms with E-state index in [1.807, 2.05) is 0 Å². The first-order valence-corrected chi connectivity index (χ1v) is 7.43. The number of nitrogens with zero attached hydrogens (tertiary/aromatic N) is 2. The Balaban J connectivity index is 0. The normalized spacial score (nSPS) is 9.38. The van der Waals surface area contributed by atoms with Crippen LogP contribution in [0.5, 0.6) is 0 Å². The molecule has 0 radical (unpaired) electrons. The van der Waals surface area contributed by atoms with Gasteiger partial charge in [-0.15, -0.1) is 0 Å². The lowest BCUT2D eigenvalue weighted by molar-refractivity contribution is -0.132. The van der Waals surface area contributed by atoms with Crippen LogP contribution in [0, 0.1) is 0 Å². The zero-order valence-electron chi connectivity index (χ0n) is 14.0. The highest BCUT2D eigenvalue weighted by molar-refractivity contribution is 5.96. The van der Waals surface area contributed by atoms with Gasteiger partial charge < -0.3 is 14.9 Å². The van der Waals surface area contributed by atoms with Gasteiger partial charge in [-0.05, 0) is 19.8 Å². The van der Waals surface area contributed by atoms with Gasteiger partial charge in [0.15, 0.2) is 0 Å². The van der Waals surface area contributed by atoms with Gasteiger partial charge in [0.05, 0.1) is 6.42 Å². The van der Waals surface area contributed by atoms with E-state index in [0.29, 0.717) is 13.1 Å². The van der Waals surface area contributed by atoms with Crippen LogP contribution >= 0.6 is 0 Å². The number of carboxylic acid groups (broad SMARTS) is 1. The molecule has 0 aromatic carbocycles. The Hall–Kier alpha value is -1.59. The van der Waals surface area contributed by atoms with E-state index in [0.717, 1.165) is 25.7 Å². The van der Waals surface area contributed by atoms with Crippen LogP contribution in [0.1, 0.15) is 52.9 Å². The molecule has 6 nitrogen and oxygen atoms in total. The third kappa shape index (κ3) is 14.6. The summed E-state index contributed by atoms with van der Waals surface area (Å²) in [5, 5.41) is 8.75. The quantitative estimate of drug-likeness (QED) is 0.699. The van der Waals surface area contributed by atoms with Gasteiger partial charge in [0.2, 0.25) is 5.91 Å². The minimum absolute atomic E-state index is 0.0208. The molecule has 0 aliphatic heterocycles. The molecule has 6 heteroatoms. The van der Waals surface area contributed by atoms with E-state index in [1.54, 1.807) is 14.1 Å². The highest BCUT2D eigenvalue weighted by Crippen LogP contribution is 1.99. The van der Waals surface area contributed by atoms with Crippen LogP contribution < -0.4 is 0 Å². The second kappa shape index (κ2) is 13.4. The summed E-state index contributed by atoms with van der Waals surface area (Å²) in [5.41, 5.74) is 0. The summed E-state index contributed by atoms with van der Waals surface area (Å²) >= 11 is 0. The fourth-order valence-corrected chi connectivity index (χ4v) is 1.37. The molecule has 124 valence electrons. The van der Waals surface area contributed by atoms with E-state index in [2.05, 4.69) is 13.8 Å². The van der Waals surface area contributed by atoms with Crippen LogP contribution in [0.4, 0.5) is 4.79 Å². The van der Waals surface area contributed by atoms with Crippen molar-refractivity contribution in [1.29, 1.82) is 0 Å². The first-order valence-electron chi connectivity index (χ1n) is 7.43. The molecular weight excluding hydrogens is 272 g/mol. The van der Waals surface area contributed by atoms with Crippen LogP contribution in [-0.2, 0) is 9.59 Å². The summed E-state index contributed by atoms with van der Waals surface area (Å²) in [7, 11) is 3.26. The van der Waals surface area contributed by atoms with Gasteiger partial charge in [-0.2, -0.15) is 0 Å². The molecule has 0 aromatic rings. The first-order chi connectivity index (χ1) is 9.76. The van der Waals surface area contributed by atoms with Crippen LogP contribution in [0.25, 0.3) is 0 Å². The van der Waals surface area contributed by atoms with Crippen molar-refractivity contribution in [3.63, 3.8) is 0 Å². The topological polar surface area (TPSA) is 77.9 Å². The van der Waals surface area contributed by atoms with Crippen molar-refractivity contribution >= 4 is 17.8 Å². The molecule has 0 spiro atoms. The molecular formula is C15H30N2O4. The monoisotopic (exact) mass is 302 g/mol. The molecule has 0 atom stereocenters. The minimum atomic E-state index is -0.781. The summed E-state index contributed by atoms with van der Waals surface area (Å²) in [4.78, 5) is 34.5. The molecule has 0 saturated heterocycles. The van der Waals surface area contributed by atoms with Crippen molar-refractivity contribution in [3.05, 3.63) is 0 Å². The lowest BCUT2D eigenvalue weighted by Crippen LogP contribution is -2.31. The van der Waals surface area contributed by atoms with Crippen LogP contribution in [-0.4, -0.2) is 59.9 Å². The van der Waals surface area contributed by atoms with E-state index in [1.165, 1.54) is 16.7 Å². The van der Waals surface area contributed by atoms with E-state index < -0.39 is 6.09 Å². The number of hydrogen-bond donors (Lipinski definition) is 1. The number of unbranched alkanes of at least 4 members (excludes halogenated alkanes) is 2. The maximum atomic E-state index is 10.7. The maximum absolute atomic E-state index is 10.7. The van der Waals surface area contributed by atoms with Crippen molar-refractivity contribution < 1.29 is 19.5 Å². The van der Waals surface area contributed by atoms with Gasteiger partial charge in [-0.3, -0.25) is 9.59 Å². The summed E-state index contributed by atoms with van der Waals surface area (Å²) in [6.07, 6.45) is 3.28. The second-order valence-electron chi connectivity index (χ2n) is 5.14. The molecule has 0 aliphatic carbocycles. The summed E-state index contributed by atoms with van der Waals surface area (Å²) in [5.74, 6) is -0.226. The number of carbonyl (C=O) groups is 3. The Kier molecular flexibility index (Phi) is 13.8. The average molecular weight is 302 g/mol. The van der Waals surface area contributed by atoms with Gasteiger partial charge in [-0.1, -0.05) is 26.7 Å². The Morgan fingerprint density at radius 1 is 0.952 bits per heavy atom. The third-order valence-electron chi connectivity index (χ3n) is 2.73. The number of hydrogen-bond acceptors (Lipinski definition) is 3. The van der Waals surface area contributed by atoms with E-state index in [-0.39, 0.29) is 18.1 Å². The second-order valence-corrected chi connectivity index (χ2v) is 5.14. The SMILES string of the molecule is CC(=O)CC(=O)N(C)C.CCCCN(CCCC)C(=O)O. The van der Waals surface area contributed by atoms with Crippen molar-refractivity contribution in [2.24, 2.45) is 0 Å². The van der Waals surface area contributed by atoms with E-state index >= 15 is 0 Å². The third-order valence-corrected chi connectivity index (χ3v) is 2.73. The molecule has 0 unspecified atom stereocenters. The molecule has 0 saturated carbocycles. The Morgan fingerprint density at radius 2 is 1.38 bits per heavy atom. The standard InChI is InChI=1S/C9H19NO2.C6H11NO2/c1-3-5-7-10(9(11)12)8-6-4-2;1-5(8)4-6(9)7(2)3/h3-8H2,1-2H3,(H,11,12);4H2,1-3H3. The fraction of sp³-hybridized carbons (Fsp3) is 0.800. The molecule has 0 aliphatic rings. The predicted molar refractivity (Wildman–Crippen MR) is 83.4 cm³/mol. The molecule has 0 rings (SSSR count). The molecule has 0 heterocycles. The van der Waals surface area contributed by atoms with Crippen LogP contribution in [0.3, 0.4) is 0 Å². The van der Waals surface area contributed by atoms with Gasteiger partial charge in [0.25, 0.3) is 0 Å². The lowest BCUT2D eigenvalue weighted by atomic mass is 10.3. The summed E-state index contributed by atoms with van der Waals surface area (Å²) in [6.45, 7) is 6.92. The minimum Gasteiger partial charge on any atom is -0.465 e. The van der Waals surface area contributed by atoms with Gasteiger partial charge in [0.1, 0.15) is 5.78 Å². The number of carbonyl (C=O) groups excluding carboxylic acids is 2. The molecule has 21 heavy (non-hydrogen) atoms. The largest absolute Gasteiger partial charge is 0.465 e. The molecule has 1 N–H and O–H groups in total. The predicted octanol–water partition coefficient (Wildman–Crippen LogP) is 2.62. The van der Waals surface area contributed by atoms with Crippen LogP contribution in [0.2, 0.25) is 0 Å². The van der Waals surface area contributed by atoms with Crippen LogP contribution in [0.15, 0.2) is 0 Å². The van der Waals surface area contributed by atoms with E-state index in [4.69, 9.17) is 5.11 Å². The fourth-order valence-electron chi connectivity index (χ4n) is 1.37. The molecule has 0 aromatic heterocycles. The highest BCUT2D eigenvalue weighted by Gasteiger charge is 2.08. The lowest BCUT2D eigenvalue weighted by Gasteiger charge is -2.17. The highest BCUT2D eigenvalue weighted by atomic mass is 16.4. The molecule has 0 fully saturated rings. The van der Waals surface area contributed by atoms with Gasteiger partial charge in [-0.25, -0.2) is 4.79 Å². The summed E-state index contributed by atoms with van der Waals surface area (Å²) in [6, 6.07) is 0. The Bertz CT molecular complexity index is 309. The number of rotatable bonds is 8. The number of amides is 2. The number of Topliss-reactive ketones (excluding diaryl/α,β-unsaturated/α-hetero) is 1. The Labute approximate surface area is 128 Å². The van der Waals surface area contributed by atoms with Gasteiger partial charge >= 0.3 is 6.09 Å². The first kappa shape index (κ1) is 21.7. The van der Waals surface area contributed by atoms with E-state index in [9.17, 15) is 14.4 Å². The van der Waals surface area contributed by atoms with Crippen molar-refractivity contribution in [3.8, 4) is 0 Å². The zero-order valence-corrected chi connectivity index (χ0v) is 14.0. The zero-order chi connectivity index (χ0) is 16.8. The maximum Gasteiger partial charge on any atom is 0.407 e. The van der Waals surface area contributed by atoms with Crippen molar-refractivity contribution in [1.82, 2.24) is 9.80 Å². The van der Waals surface area contributed by atoms with Crippen molar-refractivity contribution in [2.75, 3.05) is 27.2 Å². The van der Waals surface area contributed by atoms with Gasteiger partial charge in [0, 0.05) is 27.2 Å². The smallest absolute Gasteiger partial charge is 0.407 e. The number of ketones is 1. The average Bonchev–Trinajstić information content (AvgIpc) is 2.38. The Morgan fingerprint density at radius 3 is 1.57 bits per heavy atom. The molecule has 2 amide bonds. The molecule has 0 bridgehead atoms. The van der Waals surface area contributed by atoms with Crippen molar-refractivity contribution in [2.45, 2.75) is 52.9 Å².